The van der Waals surface area contributed by atoms with Crippen LogP contribution in [-0.2, 0) is 14.6 Å². The van der Waals surface area contributed by atoms with E-state index in [2.05, 4.69) is 5.10 Å². The Labute approximate surface area is 175 Å². The van der Waals surface area contributed by atoms with E-state index in [4.69, 9.17) is 0 Å². The van der Waals surface area contributed by atoms with Crippen LogP contribution in [0.3, 0.4) is 0 Å². The van der Waals surface area contributed by atoms with Crippen molar-refractivity contribution in [2.75, 3.05) is 44.2 Å². The largest absolute Gasteiger partial charge is 0.292 e. The van der Waals surface area contributed by atoms with Crippen LogP contribution in [0.1, 0.15) is 22.5 Å². The Balaban J connectivity index is 1.46. The van der Waals surface area contributed by atoms with E-state index in [1.54, 1.807) is 10.9 Å². The molecular formula is C20H25N5O4S. The lowest BCUT2D eigenvalue weighted by Gasteiger charge is -2.31. The number of hydrazine groups is 1. The van der Waals surface area contributed by atoms with Gasteiger partial charge in [-0.3, -0.25) is 19.5 Å². The van der Waals surface area contributed by atoms with Crippen molar-refractivity contribution in [1.29, 1.82) is 0 Å². The van der Waals surface area contributed by atoms with Crippen LogP contribution < -0.4 is 0 Å². The standard InChI is InChI=1S/C20H25N5O4S/c1-16-18(14-21-25(16)17-6-3-2-4-7-17)20(27)24-9-5-8-23(24)19(26)15-22-10-12-30(28,29)13-11-22/h2-4,6-7,14H,5,8-13,15H2,1H3. The van der Waals surface area contributed by atoms with Crippen LogP contribution in [-0.4, -0.2) is 89.2 Å². The third kappa shape index (κ3) is 4.10. The molecule has 2 fully saturated rings. The SMILES string of the molecule is Cc1c(C(=O)N2CCCN2C(=O)CN2CCS(=O)(=O)CC2)cnn1-c1ccccc1. The molecule has 2 amide bonds. The van der Waals surface area contributed by atoms with Gasteiger partial charge >= 0.3 is 0 Å². The topological polar surface area (TPSA) is 95.8 Å². The lowest BCUT2D eigenvalue weighted by atomic mass is 10.2. The second kappa shape index (κ2) is 8.19. The summed E-state index contributed by atoms with van der Waals surface area (Å²) in [6, 6.07) is 9.56. The zero-order valence-electron chi connectivity index (χ0n) is 16.9. The minimum atomic E-state index is -3.00. The van der Waals surface area contributed by atoms with Gasteiger partial charge in [-0.25, -0.2) is 18.1 Å². The highest BCUT2D eigenvalue weighted by atomic mass is 32.2. The molecule has 160 valence electrons. The van der Waals surface area contributed by atoms with Gasteiger partial charge < -0.3 is 0 Å². The van der Waals surface area contributed by atoms with E-state index >= 15 is 0 Å². The first kappa shape index (κ1) is 20.5. The zero-order chi connectivity index (χ0) is 21.3. The van der Waals surface area contributed by atoms with Crippen LogP contribution in [0.25, 0.3) is 5.69 Å². The van der Waals surface area contributed by atoms with Gasteiger partial charge in [-0.1, -0.05) is 18.2 Å². The smallest absolute Gasteiger partial charge is 0.275 e. The van der Waals surface area contributed by atoms with E-state index in [0.29, 0.717) is 43.9 Å². The average Bonchev–Trinajstić information content (AvgIpc) is 3.37. The highest BCUT2D eigenvalue weighted by Crippen LogP contribution is 2.20. The van der Waals surface area contributed by atoms with Gasteiger partial charge in [0.2, 0.25) is 0 Å². The van der Waals surface area contributed by atoms with Crippen LogP contribution in [0.2, 0.25) is 0 Å². The van der Waals surface area contributed by atoms with Gasteiger partial charge in [-0.15, -0.1) is 0 Å². The number of rotatable bonds is 4. The van der Waals surface area contributed by atoms with Crippen molar-refractivity contribution >= 4 is 21.7 Å². The van der Waals surface area contributed by atoms with Crippen molar-refractivity contribution < 1.29 is 18.0 Å². The number of sulfone groups is 1. The molecule has 0 spiro atoms. The summed E-state index contributed by atoms with van der Waals surface area (Å²) in [5.41, 5.74) is 2.04. The summed E-state index contributed by atoms with van der Waals surface area (Å²) in [5.74, 6) is -0.295. The molecule has 0 aliphatic carbocycles. The van der Waals surface area contributed by atoms with Gasteiger partial charge in [0, 0.05) is 26.2 Å². The summed E-state index contributed by atoms with van der Waals surface area (Å²) in [6.45, 7) is 3.58. The third-order valence-electron chi connectivity index (χ3n) is 5.59. The van der Waals surface area contributed by atoms with Crippen LogP contribution in [0.15, 0.2) is 36.5 Å². The summed E-state index contributed by atoms with van der Waals surface area (Å²) in [7, 11) is -3.00. The molecule has 0 saturated carbocycles. The molecule has 2 saturated heterocycles. The number of carbonyl (C=O) groups excluding carboxylic acids is 2. The Kier molecular flexibility index (Phi) is 5.61. The van der Waals surface area contributed by atoms with E-state index in [1.807, 2.05) is 42.2 Å². The lowest BCUT2D eigenvalue weighted by Crippen LogP contribution is -2.51. The van der Waals surface area contributed by atoms with Crippen molar-refractivity contribution in [2.24, 2.45) is 0 Å². The number of benzene rings is 1. The van der Waals surface area contributed by atoms with Gasteiger partial charge in [-0.05, 0) is 25.5 Å². The monoisotopic (exact) mass is 431 g/mol. The maximum absolute atomic E-state index is 13.2. The number of para-hydroxylation sites is 1. The van der Waals surface area contributed by atoms with Gasteiger partial charge in [0.25, 0.3) is 11.8 Å². The molecule has 3 heterocycles. The Bertz CT molecular complexity index is 1040. The number of aromatic nitrogens is 2. The Morgan fingerprint density at radius 1 is 1.00 bits per heavy atom. The molecule has 30 heavy (non-hydrogen) atoms. The first-order valence-electron chi connectivity index (χ1n) is 10.0. The number of hydrogen-bond acceptors (Lipinski definition) is 6. The minimum Gasteiger partial charge on any atom is -0.292 e. The molecule has 0 radical (unpaired) electrons. The maximum atomic E-state index is 13.2. The summed E-state index contributed by atoms with van der Waals surface area (Å²) >= 11 is 0. The van der Waals surface area contributed by atoms with E-state index in [0.717, 1.165) is 5.69 Å². The van der Waals surface area contributed by atoms with Crippen molar-refractivity contribution in [3.8, 4) is 5.69 Å². The molecule has 1 aromatic carbocycles. The second-order valence-corrected chi connectivity index (χ2v) is 9.92. The van der Waals surface area contributed by atoms with E-state index in [1.165, 1.54) is 10.0 Å². The van der Waals surface area contributed by atoms with Gasteiger partial charge in [0.05, 0.1) is 41.2 Å². The van der Waals surface area contributed by atoms with E-state index in [-0.39, 0.29) is 29.9 Å². The molecule has 10 heteroatoms. The lowest BCUT2D eigenvalue weighted by molar-refractivity contribution is -0.141. The molecule has 9 nitrogen and oxygen atoms in total. The Morgan fingerprint density at radius 3 is 2.37 bits per heavy atom. The average molecular weight is 432 g/mol. The third-order valence-corrected chi connectivity index (χ3v) is 7.20. The fraction of sp³-hybridized carbons (Fsp3) is 0.450. The minimum absolute atomic E-state index is 0.0702. The normalized spacial score (nSPS) is 19.2. The molecule has 2 aromatic rings. The van der Waals surface area contributed by atoms with Crippen LogP contribution in [0, 0.1) is 6.92 Å². The molecule has 0 atom stereocenters. The van der Waals surface area contributed by atoms with Gasteiger partial charge in [-0.2, -0.15) is 5.10 Å². The maximum Gasteiger partial charge on any atom is 0.275 e. The Morgan fingerprint density at radius 2 is 1.67 bits per heavy atom. The summed E-state index contributed by atoms with van der Waals surface area (Å²) in [6.07, 6.45) is 2.25. The molecule has 0 unspecified atom stereocenters. The van der Waals surface area contributed by atoms with Crippen LogP contribution >= 0.6 is 0 Å². The fourth-order valence-electron chi connectivity index (χ4n) is 3.85. The van der Waals surface area contributed by atoms with Crippen molar-refractivity contribution in [3.63, 3.8) is 0 Å². The molecular weight excluding hydrogens is 406 g/mol. The van der Waals surface area contributed by atoms with Gasteiger partial charge in [0.1, 0.15) is 0 Å². The van der Waals surface area contributed by atoms with Crippen molar-refractivity contribution in [1.82, 2.24) is 24.7 Å². The molecule has 2 aliphatic rings. The van der Waals surface area contributed by atoms with Crippen LogP contribution in [0.5, 0.6) is 0 Å². The number of nitrogens with zero attached hydrogens (tertiary/aromatic N) is 5. The molecule has 0 bridgehead atoms. The molecule has 2 aliphatic heterocycles. The summed E-state index contributed by atoms with van der Waals surface area (Å²) < 4.78 is 24.9. The fourth-order valence-corrected chi connectivity index (χ4v) is 5.13. The van der Waals surface area contributed by atoms with Crippen molar-refractivity contribution in [2.45, 2.75) is 13.3 Å². The molecule has 1 aromatic heterocycles. The predicted octanol–water partition coefficient (Wildman–Crippen LogP) is 0.501. The second-order valence-electron chi connectivity index (χ2n) is 7.62. The van der Waals surface area contributed by atoms with Crippen LogP contribution in [0.4, 0.5) is 0 Å². The van der Waals surface area contributed by atoms with E-state index in [9.17, 15) is 18.0 Å². The zero-order valence-corrected chi connectivity index (χ0v) is 17.7. The molecule has 0 N–H and O–H groups in total. The number of amides is 2. The molecule has 4 rings (SSSR count). The number of hydrogen-bond donors (Lipinski definition) is 0. The summed E-state index contributed by atoms with van der Waals surface area (Å²) in [4.78, 5) is 27.9. The highest BCUT2D eigenvalue weighted by molar-refractivity contribution is 7.91. The first-order valence-corrected chi connectivity index (χ1v) is 11.8. The van der Waals surface area contributed by atoms with Gasteiger partial charge in [0.15, 0.2) is 9.84 Å². The quantitative estimate of drug-likeness (QED) is 0.700. The highest BCUT2D eigenvalue weighted by Gasteiger charge is 2.34. The summed E-state index contributed by atoms with van der Waals surface area (Å²) in [5, 5.41) is 7.34. The van der Waals surface area contributed by atoms with Crippen molar-refractivity contribution in [3.05, 3.63) is 47.8 Å². The van der Waals surface area contributed by atoms with E-state index < -0.39 is 9.84 Å². The number of carbonyl (C=O) groups is 2. The Hall–Kier alpha value is -2.72. The first-order chi connectivity index (χ1) is 14.4. The predicted molar refractivity (Wildman–Crippen MR) is 111 cm³/mol.